The lowest BCUT2D eigenvalue weighted by Crippen LogP contribution is -2.40. The van der Waals surface area contributed by atoms with Gasteiger partial charge in [-0.15, -0.1) is 0 Å². The zero-order valence-corrected chi connectivity index (χ0v) is 15.1. The topological polar surface area (TPSA) is 75.7 Å². The van der Waals surface area contributed by atoms with Crippen molar-refractivity contribution in [2.24, 2.45) is 35.5 Å². The molecule has 0 spiro atoms. The van der Waals surface area contributed by atoms with Gasteiger partial charge in [0.15, 0.2) is 0 Å². The number of ether oxygens (including phenoxy) is 1. The second kappa shape index (κ2) is 5.94. The summed E-state index contributed by atoms with van der Waals surface area (Å²) in [6.07, 6.45) is 5.40. The lowest BCUT2D eigenvalue weighted by Gasteiger charge is -2.37. The van der Waals surface area contributed by atoms with Gasteiger partial charge in [-0.1, -0.05) is 12.2 Å². The summed E-state index contributed by atoms with van der Waals surface area (Å²) in [5.41, 5.74) is 0.614. The number of rotatable bonds is 5. The normalized spacial score (nSPS) is 35.1. The number of carbonyl (C=O) groups is 3. The highest BCUT2D eigenvalue weighted by atomic mass is 16.5. The molecule has 3 amide bonds. The third kappa shape index (κ3) is 2.50. The summed E-state index contributed by atoms with van der Waals surface area (Å²) >= 11 is 0. The summed E-state index contributed by atoms with van der Waals surface area (Å²) in [6, 6.07) is 7.03. The van der Waals surface area contributed by atoms with Gasteiger partial charge in [0.25, 0.3) is 0 Å². The van der Waals surface area contributed by atoms with Crippen LogP contribution in [0.15, 0.2) is 36.4 Å². The molecule has 2 saturated carbocycles. The first-order valence-corrected chi connectivity index (χ1v) is 9.64. The smallest absolute Gasteiger partial charge is 0.244 e. The number of anilines is 1. The number of allylic oxidation sites excluding steroid dienone is 2. The van der Waals surface area contributed by atoms with Crippen LogP contribution in [0.4, 0.5) is 5.69 Å². The first-order chi connectivity index (χ1) is 13.1. The maximum atomic E-state index is 12.9. The van der Waals surface area contributed by atoms with Crippen LogP contribution in [0.3, 0.4) is 0 Å². The van der Waals surface area contributed by atoms with Gasteiger partial charge < -0.3 is 10.1 Å². The van der Waals surface area contributed by atoms with E-state index in [2.05, 4.69) is 17.5 Å². The second-order valence-electron chi connectivity index (χ2n) is 7.92. The zero-order chi connectivity index (χ0) is 18.7. The Bertz CT molecular complexity index is 810. The van der Waals surface area contributed by atoms with E-state index in [1.165, 1.54) is 4.90 Å². The summed E-state index contributed by atoms with van der Waals surface area (Å²) in [6.45, 7) is 2.26. The van der Waals surface area contributed by atoms with E-state index in [4.69, 9.17) is 4.74 Å². The molecule has 4 aliphatic carbocycles. The van der Waals surface area contributed by atoms with Gasteiger partial charge in [-0.3, -0.25) is 19.3 Å². The van der Waals surface area contributed by atoms with Gasteiger partial charge in [0.1, 0.15) is 12.3 Å². The largest absolute Gasteiger partial charge is 0.494 e. The average Bonchev–Trinajstić information content (AvgIpc) is 3.45. The summed E-state index contributed by atoms with van der Waals surface area (Å²) in [5, 5.41) is 2.76. The minimum absolute atomic E-state index is 0.170. The Labute approximate surface area is 157 Å². The molecule has 0 unspecified atom stereocenters. The van der Waals surface area contributed by atoms with Crippen LogP contribution < -0.4 is 10.1 Å². The lowest BCUT2D eigenvalue weighted by molar-refractivity contribution is -0.142. The van der Waals surface area contributed by atoms with Gasteiger partial charge >= 0.3 is 0 Å². The molecule has 6 atom stereocenters. The molecule has 1 heterocycles. The number of imide groups is 1. The average molecular weight is 366 g/mol. The molecular formula is C21H22N2O4. The summed E-state index contributed by atoms with van der Waals surface area (Å²) in [7, 11) is 0. The molecule has 1 aromatic carbocycles. The number of nitrogens with one attached hydrogen (secondary N) is 1. The molecule has 1 saturated heterocycles. The number of likely N-dealkylation sites (tertiary alicyclic amines) is 1. The summed E-state index contributed by atoms with van der Waals surface area (Å²) in [5.74, 6) is 1.01. The molecule has 1 N–H and O–H groups in total. The highest BCUT2D eigenvalue weighted by molar-refractivity contribution is 6.09. The van der Waals surface area contributed by atoms with Gasteiger partial charge in [-0.25, -0.2) is 0 Å². The predicted octanol–water partition coefficient (Wildman–Crippen LogP) is 2.08. The number of hydrogen-bond acceptors (Lipinski definition) is 4. The van der Waals surface area contributed by atoms with Crippen LogP contribution in [0.1, 0.15) is 13.3 Å². The molecule has 27 heavy (non-hydrogen) atoms. The Morgan fingerprint density at radius 2 is 1.67 bits per heavy atom. The minimum atomic E-state index is -0.357. The molecule has 5 aliphatic rings. The molecule has 0 radical (unpaired) electrons. The number of benzene rings is 1. The van der Waals surface area contributed by atoms with Crippen molar-refractivity contribution >= 4 is 23.4 Å². The Hall–Kier alpha value is -2.63. The van der Waals surface area contributed by atoms with E-state index >= 15 is 0 Å². The fraction of sp³-hybridized carbons (Fsp3) is 0.476. The van der Waals surface area contributed by atoms with Crippen LogP contribution in [0.5, 0.6) is 5.75 Å². The highest BCUT2D eigenvalue weighted by Crippen LogP contribution is 2.65. The van der Waals surface area contributed by atoms with Crippen LogP contribution in [-0.2, 0) is 14.4 Å². The highest BCUT2D eigenvalue weighted by Gasteiger charge is 2.67. The van der Waals surface area contributed by atoms with Gasteiger partial charge in [-0.05, 0) is 61.3 Å². The number of amides is 3. The predicted molar refractivity (Wildman–Crippen MR) is 97.7 cm³/mol. The molecule has 1 aromatic rings. The summed E-state index contributed by atoms with van der Waals surface area (Å²) < 4.78 is 5.38. The number of nitrogens with zero attached hydrogens (tertiary/aromatic N) is 1. The van der Waals surface area contributed by atoms with Crippen molar-refractivity contribution in [3.8, 4) is 5.75 Å². The first-order valence-electron chi connectivity index (χ1n) is 9.64. The van der Waals surface area contributed by atoms with Crippen molar-refractivity contribution in [3.63, 3.8) is 0 Å². The van der Waals surface area contributed by atoms with Crippen LogP contribution in [-0.4, -0.2) is 35.8 Å². The third-order valence-corrected chi connectivity index (χ3v) is 6.50. The molecule has 0 aromatic heterocycles. The minimum Gasteiger partial charge on any atom is -0.494 e. The van der Waals surface area contributed by atoms with Crippen molar-refractivity contribution in [2.45, 2.75) is 13.3 Å². The van der Waals surface area contributed by atoms with Gasteiger partial charge in [0.05, 0.1) is 18.4 Å². The Kier molecular flexibility index (Phi) is 3.64. The fourth-order valence-corrected chi connectivity index (χ4v) is 5.32. The van der Waals surface area contributed by atoms with Crippen LogP contribution >= 0.6 is 0 Å². The van der Waals surface area contributed by atoms with Crippen LogP contribution in [0.25, 0.3) is 0 Å². The molecule has 140 valence electrons. The van der Waals surface area contributed by atoms with E-state index in [0.29, 0.717) is 24.1 Å². The summed E-state index contributed by atoms with van der Waals surface area (Å²) in [4.78, 5) is 39.4. The fourth-order valence-electron chi connectivity index (χ4n) is 5.32. The maximum Gasteiger partial charge on any atom is 0.244 e. The van der Waals surface area contributed by atoms with Crippen LogP contribution in [0, 0.1) is 35.5 Å². The van der Waals surface area contributed by atoms with Crippen LogP contribution in [0.2, 0.25) is 0 Å². The van der Waals surface area contributed by atoms with E-state index in [0.717, 1.165) is 12.2 Å². The van der Waals surface area contributed by atoms with E-state index in [9.17, 15) is 14.4 Å². The van der Waals surface area contributed by atoms with Gasteiger partial charge in [0.2, 0.25) is 17.7 Å². The molecular weight excluding hydrogens is 344 g/mol. The van der Waals surface area contributed by atoms with Crippen molar-refractivity contribution in [1.29, 1.82) is 0 Å². The van der Waals surface area contributed by atoms with E-state index in [1.54, 1.807) is 24.3 Å². The Morgan fingerprint density at radius 3 is 2.22 bits per heavy atom. The van der Waals surface area contributed by atoms with Crippen molar-refractivity contribution in [3.05, 3.63) is 36.4 Å². The van der Waals surface area contributed by atoms with E-state index < -0.39 is 0 Å². The third-order valence-electron chi connectivity index (χ3n) is 6.50. The van der Waals surface area contributed by atoms with E-state index in [1.807, 2.05) is 6.92 Å². The van der Waals surface area contributed by atoms with Gasteiger partial charge in [0, 0.05) is 5.69 Å². The van der Waals surface area contributed by atoms with Crippen molar-refractivity contribution in [2.75, 3.05) is 18.5 Å². The first kappa shape index (κ1) is 16.5. The maximum absolute atomic E-state index is 12.9. The molecule has 6 heteroatoms. The molecule has 2 bridgehead atoms. The molecule has 3 fully saturated rings. The van der Waals surface area contributed by atoms with E-state index in [-0.39, 0.29) is 47.9 Å². The molecule has 1 aliphatic heterocycles. The monoisotopic (exact) mass is 366 g/mol. The SMILES string of the molecule is CCOc1ccc(NC(=O)CN2C(=O)[C@H]3[C@@H]4C=C[C@H]([C@@H]5C[C@H]45)[C@@H]3C2=O)cc1. The molecule has 6 nitrogen and oxygen atoms in total. The van der Waals surface area contributed by atoms with Crippen molar-refractivity contribution in [1.82, 2.24) is 4.90 Å². The molecule has 6 rings (SSSR count). The quantitative estimate of drug-likeness (QED) is 0.639. The lowest BCUT2D eigenvalue weighted by atomic mass is 9.63. The zero-order valence-electron chi connectivity index (χ0n) is 15.1. The van der Waals surface area contributed by atoms with Gasteiger partial charge in [-0.2, -0.15) is 0 Å². The Balaban J connectivity index is 1.27. The van der Waals surface area contributed by atoms with Crippen molar-refractivity contribution < 1.29 is 19.1 Å². The number of carbonyl (C=O) groups excluding carboxylic acids is 3. The number of hydrogen-bond donors (Lipinski definition) is 1. The standard InChI is InChI=1S/C21H22N2O4/c1-2-27-12-5-3-11(4-6-12)22-17(24)10-23-20(25)18-13-7-8-14(16-9-15(13)16)19(18)21(23)26/h3-8,13-16,18-19H,2,9-10H2,1H3,(H,22,24)/t13-,14-,15-,16+,18+,19+/m1/s1. The second-order valence-corrected chi connectivity index (χ2v) is 7.92. The Morgan fingerprint density at radius 1 is 1.07 bits per heavy atom.